The number of likely N-dealkylation sites (tertiary alicyclic amines) is 1. The summed E-state index contributed by atoms with van der Waals surface area (Å²) in [6.07, 6.45) is 0.639. The van der Waals surface area contributed by atoms with Gasteiger partial charge in [-0.1, -0.05) is 41.9 Å². The number of carbonyl (C=O) groups excluding carboxylic acids is 3. The van der Waals surface area contributed by atoms with E-state index in [4.69, 9.17) is 16.3 Å². The maximum Gasteiger partial charge on any atom is 0.250 e. The Hall–Kier alpha value is -2.94. The molecule has 0 radical (unpaired) electrons. The number of amides is 3. The summed E-state index contributed by atoms with van der Waals surface area (Å²) < 4.78 is 6.37. The molecule has 8 nitrogen and oxygen atoms in total. The molecule has 184 valence electrons. The highest BCUT2D eigenvalue weighted by molar-refractivity contribution is 6.30. The Bertz CT molecular complexity index is 1130. The van der Waals surface area contributed by atoms with Gasteiger partial charge in [0, 0.05) is 17.3 Å². The van der Waals surface area contributed by atoms with Crippen LogP contribution >= 0.6 is 11.6 Å². The lowest BCUT2D eigenvalue weighted by Gasteiger charge is -2.35. The maximum atomic E-state index is 13.7. The standard InChI is InChI=1S/C26H28ClN3O5/c1-15(14-31)30-22(24(33)29-18-9-7-17(27)8-10-18)26-12-11-19(35-26)20(21(26)25(30)34)23(32)28-13-16-5-3-2-4-6-16/h2-10,15,19-22,31H,11-14H2,1H3,(H,28,32)(H,29,33)/t15-,19-,20+,21+,22?,26?/m1/s1. The smallest absolute Gasteiger partial charge is 0.250 e. The molecular formula is C26H28ClN3O5. The Balaban J connectivity index is 1.43. The highest BCUT2D eigenvalue weighted by atomic mass is 35.5. The summed E-state index contributed by atoms with van der Waals surface area (Å²) in [5.74, 6) is -2.47. The molecule has 3 aliphatic rings. The Kier molecular flexibility index (Phi) is 6.29. The summed E-state index contributed by atoms with van der Waals surface area (Å²) in [5, 5.41) is 16.2. The highest BCUT2D eigenvalue weighted by Crippen LogP contribution is 2.58. The number of hydrogen-bond acceptors (Lipinski definition) is 5. The number of ether oxygens (including phenoxy) is 1. The summed E-state index contributed by atoms with van der Waals surface area (Å²) >= 11 is 5.96. The van der Waals surface area contributed by atoms with Crippen LogP contribution in [0.4, 0.5) is 5.69 Å². The van der Waals surface area contributed by atoms with E-state index in [0.717, 1.165) is 5.56 Å². The molecule has 0 saturated carbocycles. The molecule has 3 fully saturated rings. The van der Waals surface area contributed by atoms with E-state index in [-0.39, 0.29) is 18.4 Å². The van der Waals surface area contributed by atoms with Gasteiger partial charge in [-0.15, -0.1) is 0 Å². The van der Waals surface area contributed by atoms with Crippen molar-refractivity contribution in [1.82, 2.24) is 10.2 Å². The van der Waals surface area contributed by atoms with E-state index in [1.54, 1.807) is 31.2 Å². The number of benzene rings is 2. The summed E-state index contributed by atoms with van der Waals surface area (Å²) in [6.45, 7) is 1.72. The molecular weight excluding hydrogens is 470 g/mol. The molecule has 2 aromatic carbocycles. The van der Waals surface area contributed by atoms with Crippen LogP contribution in [0, 0.1) is 11.8 Å². The molecule has 2 unspecified atom stereocenters. The van der Waals surface area contributed by atoms with Crippen molar-refractivity contribution >= 4 is 35.0 Å². The van der Waals surface area contributed by atoms with Gasteiger partial charge in [-0.25, -0.2) is 0 Å². The molecule has 0 aromatic heterocycles. The van der Waals surface area contributed by atoms with E-state index < -0.39 is 41.5 Å². The van der Waals surface area contributed by atoms with Crippen LogP contribution in [-0.4, -0.2) is 58.1 Å². The second kappa shape index (κ2) is 9.26. The first-order valence-electron chi connectivity index (χ1n) is 11.8. The number of nitrogens with zero attached hydrogens (tertiary/aromatic N) is 1. The zero-order chi connectivity index (χ0) is 24.7. The van der Waals surface area contributed by atoms with Crippen molar-refractivity contribution in [2.24, 2.45) is 11.8 Å². The van der Waals surface area contributed by atoms with E-state index in [2.05, 4.69) is 10.6 Å². The molecule has 3 saturated heterocycles. The molecule has 6 atom stereocenters. The van der Waals surface area contributed by atoms with E-state index >= 15 is 0 Å². The minimum absolute atomic E-state index is 0.255. The van der Waals surface area contributed by atoms with E-state index in [1.165, 1.54) is 4.90 Å². The number of nitrogens with one attached hydrogen (secondary N) is 2. The summed E-state index contributed by atoms with van der Waals surface area (Å²) in [5.41, 5.74) is 0.373. The number of carbonyl (C=O) groups is 3. The number of fused-ring (bicyclic) bond motifs is 1. The molecule has 3 N–H and O–H groups in total. The van der Waals surface area contributed by atoms with Crippen molar-refractivity contribution in [2.75, 3.05) is 11.9 Å². The second-order valence-electron chi connectivity index (χ2n) is 9.53. The van der Waals surface area contributed by atoms with Crippen molar-refractivity contribution in [2.45, 2.75) is 50.1 Å². The topological polar surface area (TPSA) is 108 Å². The first kappa shape index (κ1) is 23.8. The van der Waals surface area contributed by atoms with Crippen LogP contribution in [0.15, 0.2) is 54.6 Å². The average molecular weight is 498 g/mol. The van der Waals surface area contributed by atoms with Crippen molar-refractivity contribution < 1.29 is 24.2 Å². The Morgan fingerprint density at radius 1 is 1.17 bits per heavy atom. The number of rotatable bonds is 7. The van der Waals surface area contributed by atoms with Gasteiger partial charge < -0.3 is 25.4 Å². The normalized spacial score (nSPS) is 29.7. The molecule has 0 aliphatic carbocycles. The third kappa shape index (κ3) is 3.99. The first-order chi connectivity index (χ1) is 16.9. The summed E-state index contributed by atoms with van der Waals surface area (Å²) in [7, 11) is 0. The van der Waals surface area contributed by atoms with Crippen LogP contribution in [0.3, 0.4) is 0 Å². The van der Waals surface area contributed by atoms with Crippen LogP contribution in [0.25, 0.3) is 0 Å². The molecule has 9 heteroatoms. The van der Waals surface area contributed by atoms with Gasteiger partial charge in [-0.3, -0.25) is 14.4 Å². The number of anilines is 1. The molecule has 3 aliphatic heterocycles. The van der Waals surface area contributed by atoms with Crippen LogP contribution in [0.1, 0.15) is 25.3 Å². The highest BCUT2D eigenvalue weighted by Gasteiger charge is 2.74. The maximum absolute atomic E-state index is 13.7. The van der Waals surface area contributed by atoms with Gasteiger partial charge in [-0.05, 0) is 49.6 Å². The molecule has 2 bridgehead atoms. The molecule has 3 heterocycles. The molecule has 2 aromatic rings. The largest absolute Gasteiger partial charge is 0.394 e. The Morgan fingerprint density at radius 3 is 2.57 bits per heavy atom. The zero-order valence-electron chi connectivity index (χ0n) is 19.3. The molecule has 35 heavy (non-hydrogen) atoms. The van der Waals surface area contributed by atoms with Crippen LogP contribution in [0.5, 0.6) is 0 Å². The fourth-order valence-corrected chi connectivity index (χ4v) is 6.03. The van der Waals surface area contributed by atoms with Crippen molar-refractivity contribution in [3.8, 4) is 0 Å². The molecule has 3 amide bonds. The van der Waals surface area contributed by atoms with Crippen LogP contribution in [0.2, 0.25) is 5.02 Å². The summed E-state index contributed by atoms with van der Waals surface area (Å²) in [6, 6.07) is 14.6. The minimum Gasteiger partial charge on any atom is -0.394 e. The number of aliphatic hydroxyl groups excluding tert-OH is 1. The van der Waals surface area contributed by atoms with Gasteiger partial charge in [0.2, 0.25) is 17.7 Å². The van der Waals surface area contributed by atoms with Gasteiger partial charge in [-0.2, -0.15) is 0 Å². The first-order valence-corrected chi connectivity index (χ1v) is 12.2. The zero-order valence-corrected chi connectivity index (χ0v) is 20.1. The van der Waals surface area contributed by atoms with Gasteiger partial charge in [0.25, 0.3) is 0 Å². The van der Waals surface area contributed by atoms with Gasteiger partial charge >= 0.3 is 0 Å². The Morgan fingerprint density at radius 2 is 1.89 bits per heavy atom. The third-order valence-electron chi connectivity index (χ3n) is 7.45. The lowest BCUT2D eigenvalue weighted by atomic mass is 9.70. The van der Waals surface area contributed by atoms with Crippen LogP contribution in [-0.2, 0) is 25.7 Å². The van der Waals surface area contributed by atoms with Gasteiger partial charge in [0.1, 0.15) is 11.6 Å². The quantitative estimate of drug-likeness (QED) is 0.544. The van der Waals surface area contributed by atoms with Crippen molar-refractivity contribution in [3.05, 3.63) is 65.2 Å². The number of hydrogen-bond donors (Lipinski definition) is 3. The average Bonchev–Trinajstić information content (AvgIpc) is 3.51. The van der Waals surface area contributed by atoms with E-state index in [1.807, 2.05) is 30.3 Å². The lowest BCUT2D eigenvalue weighted by Crippen LogP contribution is -2.55. The predicted octanol–water partition coefficient (Wildman–Crippen LogP) is 2.35. The second-order valence-corrected chi connectivity index (χ2v) is 9.97. The van der Waals surface area contributed by atoms with E-state index in [9.17, 15) is 19.5 Å². The fourth-order valence-electron chi connectivity index (χ4n) is 5.90. The van der Waals surface area contributed by atoms with Crippen molar-refractivity contribution in [3.63, 3.8) is 0 Å². The summed E-state index contributed by atoms with van der Waals surface area (Å²) in [4.78, 5) is 42.0. The SMILES string of the molecule is C[C@H](CO)N1C(=O)[C@@H]2[C@@H](C(=O)NCc3ccccc3)[C@H]3CCC2(O3)C1C(=O)Nc1ccc(Cl)cc1. The lowest BCUT2D eigenvalue weighted by molar-refractivity contribution is -0.143. The fraction of sp³-hybridized carbons (Fsp3) is 0.423. The minimum atomic E-state index is -1.11. The third-order valence-corrected chi connectivity index (χ3v) is 7.70. The van der Waals surface area contributed by atoms with E-state index in [0.29, 0.717) is 30.1 Å². The van der Waals surface area contributed by atoms with Crippen LogP contribution < -0.4 is 10.6 Å². The number of aliphatic hydroxyl groups is 1. The van der Waals surface area contributed by atoms with Crippen molar-refractivity contribution in [1.29, 1.82) is 0 Å². The Labute approximate surface area is 208 Å². The molecule has 5 rings (SSSR count). The predicted molar refractivity (Wildman–Crippen MR) is 129 cm³/mol. The monoisotopic (exact) mass is 497 g/mol. The number of halogens is 1. The molecule has 1 spiro atoms. The van der Waals surface area contributed by atoms with Gasteiger partial charge in [0.15, 0.2) is 0 Å². The van der Waals surface area contributed by atoms with Gasteiger partial charge in [0.05, 0.1) is 30.6 Å².